The van der Waals surface area contributed by atoms with Gasteiger partial charge in [0.25, 0.3) is 0 Å². The molecular formula is C16H23ClN2O5. The van der Waals surface area contributed by atoms with Gasteiger partial charge in [0.2, 0.25) is 5.91 Å². The topological polar surface area (TPSA) is 99.9 Å². The number of esters is 1. The fourth-order valence-electron chi connectivity index (χ4n) is 2.75. The predicted molar refractivity (Wildman–Crippen MR) is 92.1 cm³/mol. The Labute approximate surface area is 147 Å². The van der Waals surface area contributed by atoms with Crippen molar-refractivity contribution in [1.29, 1.82) is 0 Å². The number of carbonyl (C=O) groups is 2. The molecule has 1 aromatic carbocycles. The highest BCUT2D eigenvalue weighted by Gasteiger charge is 2.29. The molecule has 134 valence electrons. The van der Waals surface area contributed by atoms with Crippen LogP contribution in [0.5, 0.6) is 11.5 Å². The van der Waals surface area contributed by atoms with Crippen molar-refractivity contribution >= 4 is 30.0 Å². The van der Waals surface area contributed by atoms with Gasteiger partial charge < -0.3 is 25.3 Å². The maximum atomic E-state index is 12.4. The van der Waals surface area contributed by atoms with Gasteiger partial charge in [0.1, 0.15) is 0 Å². The molecule has 1 aliphatic carbocycles. The van der Waals surface area contributed by atoms with E-state index in [1.165, 1.54) is 27.4 Å². The second kappa shape index (κ2) is 8.75. The van der Waals surface area contributed by atoms with Crippen molar-refractivity contribution in [2.75, 3.05) is 26.6 Å². The van der Waals surface area contributed by atoms with E-state index in [2.05, 4.69) is 5.32 Å². The highest BCUT2D eigenvalue weighted by molar-refractivity contribution is 6.02. The smallest absolute Gasteiger partial charge is 0.340 e. The summed E-state index contributed by atoms with van der Waals surface area (Å²) < 4.78 is 15.2. The number of hydrogen-bond donors (Lipinski definition) is 2. The number of carbonyl (C=O) groups excluding carboxylic acids is 2. The van der Waals surface area contributed by atoms with Crippen LogP contribution in [0.2, 0.25) is 0 Å². The predicted octanol–water partition coefficient (Wildman–Crippen LogP) is 1.98. The number of amides is 1. The number of ether oxygens (including phenoxy) is 3. The molecule has 0 heterocycles. The molecule has 2 rings (SSSR count). The van der Waals surface area contributed by atoms with Gasteiger partial charge >= 0.3 is 5.97 Å². The summed E-state index contributed by atoms with van der Waals surface area (Å²) in [6.45, 7) is 0. The third-order valence-corrected chi connectivity index (χ3v) is 4.03. The lowest BCUT2D eigenvalue weighted by atomic mass is 10.1. The summed E-state index contributed by atoms with van der Waals surface area (Å²) >= 11 is 0. The lowest BCUT2D eigenvalue weighted by molar-refractivity contribution is -0.119. The van der Waals surface area contributed by atoms with Gasteiger partial charge in [-0.3, -0.25) is 4.79 Å². The van der Waals surface area contributed by atoms with E-state index < -0.39 is 5.97 Å². The van der Waals surface area contributed by atoms with Crippen LogP contribution >= 0.6 is 12.4 Å². The van der Waals surface area contributed by atoms with Crippen LogP contribution < -0.4 is 20.5 Å². The molecule has 0 spiro atoms. The standard InChI is InChI=1S/C16H22N2O5.ClH/c1-21-13-7-11(16(20)23-3)12(8-14(13)22-2)18-15(19)9-4-5-10(17)6-9;/h7-10H,4-6,17H2,1-3H3,(H,18,19);1H. The third-order valence-electron chi connectivity index (χ3n) is 4.03. The molecule has 1 aromatic rings. The first kappa shape index (κ1) is 20.1. The maximum Gasteiger partial charge on any atom is 0.340 e. The van der Waals surface area contributed by atoms with Crippen molar-refractivity contribution in [3.63, 3.8) is 0 Å². The van der Waals surface area contributed by atoms with Crippen LogP contribution in [0, 0.1) is 5.92 Å². The van der Waals surface area contributed by atoms with Gasteiger partial charge in [-0.1, -0.05) is 0 Å². The molecule has 0 radical (unpaired) electrons. The van der Waals surface area contributed by atoms with E-state index >= 15 is 0 Å². The number of methoxy groups -OCH3 is 3. The molecule has 1 saturated carbocycles. The molecule has 2 unspecified atom stereocenters. The van der Waals surface area contributed by atoms with Crippen LogP contribution in [0.4, 0.5) is 5.69 Å². The molecule has 8 heteroatoms. The highest BCUT2D eigenvalue weighted by atomic mass is 35.5. The first-order chi connectivity index (χ1) is 11.0. The van der Waals surface area contributed by atoms with Crippen molar-refractivity contribution in [3.05, 3.63) is 17.7 Å². The van der Waals surface area contributed by atoms with Crippen LogP contribution in [0.25, 0.3) is 0 Å². The minimum Gasteiger partial charge on any atom is -0.493 e. The van der Waals surface area contributed by atoms with Gasteiger partial charge in [0.05, 0.1) is 32.6 Å². The number of rotatable bonds is 5. The van der Waals surface area contributed by atoms with Crippen LogP contribution in [0.1, 0.15) is 29.6 Å². The number of nitrogens with one attached hydrogen (secondary N) is 1. The second-order valence-corrected chi connectivity index (χ2v) is 5.50. The highest BCUT2D eigenvalue weighted by Crippen LogP contribution is 2.34. The Kier molecular flexibility index (Phi) is 7.31. The molecule has 1 amide bonds. The lowest BCUT2D eigenvalue weighted by Gasteiger charge is -2.16. The van der Waals surface area contributed by atoms with E-state index in [0.29, 0.717) is 23.6 Å². The Balaban J connectivity index is 0.00000288. The Bertz CT molecular complexity index is 608. The monoisotopic (exact) mass is 358 g/mol. The molecule has 0 aliphatic heterocycles. The van der Waals surface area contributed by atoms with Crippen LogP contribution in [-0.4, -0.2) is 39.2 Å². The van der Waals surface area contributed by atoms with Crippen molar-refractivity contribution < 1.29 is 23.8 Å². The number of nitrogens with two attached hydrogens (primary N) is 1. The van der Waals surface area contributed by atoms with E-state index in [4.69, 9.17) is 19.9 Å². The summed E-state index contributed by atoms with van der Waals surface area (Å²) in [5.74, 6) is -0.0735. The second-order valence-electron chi connectivity index (χ2n) is 5.50. The molecule has 3 N–H and O–H groups in total. The van der Waals surface area contributed by atoms with Crippen molar-refractivity contribution in [2.45, 2.75) is 25.3 Å². The Hall–Kier alpha value is -1.99. The summed E-state index contributed by atoms with van der Waals surface area (Å²) in [5, 5.41) is 2.78. The lowest BCUT2D eigenvalue weighted by Crippen LogP contribution is -2.24. The SMILES string of the molecule is COC(=O)c1cc(OC)c(OC)cc1NC(=O)C1CCC(N)C1.Cl. The fourth-order valence-corrected chi connectivity index (χ4v) is 2.75. The number of hydrogen-bond acceptors (Lipinski definition) is 6. The fraction of sp³-hybridized carbons (Fsp3) is 0.500. The van der Waals surface area contributed by atoms with Crippen molar-refractivity contribution in [2.24, 2.45) is 11.7 Å². The number of anilines is 1. The normalized spacial score (nSPS) is 19.2. The van der Waals surface area contributed by atoms with E-state index in [-0.39, 0.29) is 35.8 Å². The average Bonchev–Trinajstić information content (AvgIpc) is 3.00. The van der Waals surface area contributed by atoms with E-state index in [1.54, 1.807) is 6.07 Å². The molecule has 1 fully saturated rings. The zero-order valence-electron chi connectivity index (χ0n) is 14.0. The van der Waals surface area contributed by atoms with E-state index in [0.717, 1.165) is 12.8 Å². The molecule has 0 bridgehead atoms. The first-order valence-corrected chi connectivity index (χ1v) is 7.41. The first-order valence-electron chi connectivity index (χ1n) is 7.41. The quantitative estimate of drug-likeness (QED) is 0.781. The number of benzene rings is 1. The summed E-state index contributed by atoms with van der Waals surface area (Å²) in [6.07, 6.45) is 2.22. The van der Waals surface area contributed by atoms with Gasteiger partial charge in [0.15, 0.2) is 11.5 Å². The van der Waals surface area contributed by atoms with Crippen LogP contribution in [0.3, 0.4) is 0 Å². The largest absolute Gasteiger partial charge is 0.493 e. The minimum absolute atomic E-state index is 0. The summed E-state index contributed by atoms with van der Waals surface area (Å²) in [5.41, 5.74) is 6.39. The molecule has 24 heavy (non-hydrogen) atoms. The Morgan fingerprint density at radius 1 is 1.12 bits per heavy atom. The summed E-state index contributed by atoms with van der Waals surface area (Å²) in [4.78, 5) is 24.4. The zero-order chi connectivity index (χ0) is 17.0. The molecule has 7 nitrogen and oxygen atoms in total. The van der Waals surface area contributed by atoms with Gasteiger partial charge in [-0.05, 0) is 19.3 Å². The molecule has 0 aromatic heterocycles. The molecule has 0 saturated heterocycles. The average molecular weight is 359 g/mol. The summed E-state index contributed by atoms with van der Waals surface area (Å²) in [7, 11) is 4.23. The van der Waals surface area contributed by atoms with Crippen molar-refractivity contribution in [3.8, 4) is 11.5 Å². The van der Waals surface area contributed by atoms with Crippen LogP contribution in [0.15, 0.2) is 12.1 Å². The maximum absolute atomic E-state index is 12.4. The van der Waals surface area contributed by atoms with E-state index in [1.807, 2.05) is 0 Å². The Morgan fingerprint density at radius 2 is 1.75 bits per heavy atom. The summed E-state index contributed by atoms with van der Waals surface area (Å²) in [6, 6.07) is 3.09. The Morgan fingerprint density at radius 3 is 2.25 bits per heavy atom. The molecular weight excluding hydrogens is 336 g/mol. The molecule has 1 aliphatic rings. The zero-order valence-corrected chi connectivity index (χ0v) is 14.8. The third kappa shape index (κ3) is 4.30. The van der Waals surface area contributed by atoms with Gasteiger partial charge in [-0.15, -0.1) is 12.4 Å². The van der Waals surface area contributed by atoms with Gasteiger partial charge in [0, 0.05) is 24.1 Å². The van der Waals surface area contributed by atoms with Gasteiger partial charge in [-0.2, -0.15) is 0 Å². The van der Waals surface area contributed by atoms with E-state index in [9.17, 15) is 9.59 Å². The number of halogens is 1. The van der Waals surface area contributed by atoms with Gasteiger partial charge in [-0.25, -0.2) is 4.79 Å². The van der Waals surface area contributed by atoms with Crippen LogP contribution in [-0.2, 0) is 9.53 Å². The molecule has 2 atom stereocenters. The van der Waals surface area contributed by atoms with Crippen molar-refractivity contribution in [1.82, 2.24) is 0 Å². The minimum atomic E-state index is -0.565.